The first kappa shape index (κ1) is 20.6. The first-order valence-electron chi connectivity index (χ1n) is 9.98. The van der Waals surface area contributed by atoms with Crippen LogP contribution in [0.1, 0.15) is 48.2 Å². The summed E-state index contributed by atoms with van der Waals surface area (Å²) in [5.74, 6) is -0.233. The maximum atomic E-state index is 13.0. The zero-order chi connectivity index (χ0) is 21.0. The number of carbonyl (C=O) groups is 3. The molecule has 29 heavy (non-hydrogen) atoms. The quantitative estimate of drug-likeness (QED) is 0.739. The zero-order valence-electron chi connectivity index (χ0n) is 17.1. The number of carbonyl (C=O) groups excluding carboxylic acids is 3. The molecular formula is C23H27N3O3. The van der Waals surface area contributed by atoms with Gasteiger partial charge in [-0.05, 0) is 56.4 Å². The fourth-order valence-corrected chi connectivity index (χ4v) is 3.70. The van der Waals surface area contributed by atoms with E-state index in [9.17, 15) is 14.4 Å². The highest BCUT2D eigenvalue weighted by atomic mass is 16.2. The van der Waals surface area contributed by atoms with Gasteiger partial charge in [0.05, 0.1) is 0 Å². The number of hydrogen-bond donors (Lipinski definition) is 2. The summed E-state index contributed by atoms with van der Waals surface area (Å²) in [5.41, 5.74) is 3.99. The van der Waals surface area contributed by atoms with Gasteiger partial charge in [0.2, 0.25) is 5.91 Å². The van der Waals surface area contributed by atoms with Crippen molar-refractivity contribution in [2.24, 2.45) is 0 Å². The number of benzene rings is 2. The third kappa shape index (κ3) is 4.65. The molecule has 1 aliphatic rings. The first-order valence-corrected chi connectivity index (χ1v) is 9.98. The van der Waals surface area contributed by atoms with Crippen LogP contribution in [0.25, 0.3) is 0 Å². The molecule has 0 aromatic heterocycles. The maximum Gasteiger partial charge on any atom is 0.322 e. The van der Waals surface area contributed by atoms with Crippen LogP contribution in [0.5, 0.6) is 0 Å². The topological polar surface area (TPSA) is 78.5 Å². The number of Topliss-reactive ketones (excluding diaryl/α,β-unsaturated/α-hetero) is 1. The number of para-hydroxylation sites is 1. The lowest BCUT2D eigenvalue weighted by Crippen LogP contribution is -2.45. The van der Waals surface area contributed by atoms with Crippen molar-refractivity contribution in [3.63, 3.8) is 0 Å². The van der Waals surface area contributed by atoms with E-state index in [-0.39, 0.29) is 17.7 Å². The van der Waals surface area contributed by atoms with Gasteiger partial charge in [-0.3, -0.25) is 9.59 Å². The predicted molar refractivity (Wildman–Crippen MR) is 114 cm³/mol. The van der Waals surface area contributed by atoms with Gasteiger partial charge in [0, 0.05) is 23.5 Å². The van der Waals surface area contributed by atoms with E-state index < -0.39 is 6.04 Å². The Labute approximate surface area is 171 Å². The average molecular weight is 393 g/mol. The molecule has 2 N–H and O–H groups in total. The van der Waals surface area contributed by atoms with Gasteiger partial charge in [-0.15, -0.1) is 0 Å². The molecule has 1 aliphatic heterocycles. The van der Waals surface area contributed by atoms with E-state index in [1.54, 1.807) is 29.2 Å². The molecule has 0 bridgehead atoms. The highest BCUT2D eigenvalue weighted by Gasteiger charge is 2.34. The number of nitrogens with zero attached hydrogens (tertiary/aromatic N) is 1. The van der Waals surface area contributed by atoms with Crippen LogP contribution in [0.15, 0.2) is 42.5 Å². The van der Waals surface area contributed by atoms with Crippen molar-refractivity contribution >= 4 is 29.1 Å². The van der Waals surface area contributed by atoms with E-state index in [4.69, 9.17) is 0 Å². The number of hydrogen-bond acceptors (Lipinski definition) is 3. The fourth-order valence-electron chi connectivity index (χ4n) is 3.70. The molecule has 1 saturated heterocycles. The minimum absolute atomic E-state index is 0.0653. The number of amides is 3. The van der Waals surface area contributed by atoms with E-state index in [1.165, 1.54) is 6.92 Å². The molecule has 0 spiro atoms. The Balaban J connectivity index is 1.72. The molecule has 2 aromatic carbocycles. The van der Waals surface area contributed by atoms with Crippen molar-refractivity contribution in [3.8, 4) is 0 Å². The van der Waals surface area contributed by atoms with Crippen LogP contribution < -0.4 is 10.6 Å². The summed E-state index contributed by atoms with van der Waals surface area (Å²) in [6.45, 7) is 6.02. The third-order valence-electron chi connectivity index (χ3n) is 5.32. The zero-order valence-corrected chi connectivity index (χ0v) is 17.1. The summed E-state index contributed by atoms with van der Waals surface area (Å²) >= 11 is 0. The SMILES string of the molecule is CCc1cccc(C)c1NC(=O)C1CCCN1C(=O)Nc1cccc(C(C)=O)c1. The molecule has 1 unspecified atom stereocenters. The van der Waals surface area contributed by atoms with Gasteiger partial charge in [-0.1, -0.05) is 37.3 Å². The molecule has 0 saturated carbocycles. The first-order chi connectivity index (χ1) is 13.9. The van der Waals surface area contributed by atoms with Gasteiger partial charge in [0.15, 0.2) is 5.78 Å². The van der Waals surface area contributed by atoms with Crippen molar-refractivity contribution in [3.05, 3.63) is 59.2 Å². The Morgan fingerprint density at radius 2 is 1.86 bits per heavy atom. The molecule has 6 nitrogen and oxygen atoms in total. The number of rotatable bonds is 5. The summed E-state index contributed by atoms with van der Waals surface area (Å²) < 4.78 is 0. The molecule has 0 aliphatic carbocycles. The van der Waals surface area contributed by atoms with Gasteiger partial charge in [-0.2, -0.15) is 0 Å². The normalized spacial score (nSPS) is 15.8. The molecule has 0 radical (unpaired) electrons. The standard InChI is InChI=1S/C23H27N3O3/c1-4-17-9-5-8-15(2)21(17)25-22(28)20-12-7-13-26(20)23(29)24-19-11-6-10-18(14-19)16(3)27/h5-6,8-11,14,20H,4,7,12-13H2,1-3H3,(H,24,29)(H,25,28). The van der Waals surface area contributed by atoms with Crippen molar-refractivity contribution in [2.45, 2.75) is 46.1 Å². The molecule has 1 atom stereocenters. The molecule has 1 fully saturated rings. The van der Waals surface area contributed by atoms with Gasteiger partial charge in [0.25, 0.3) is 0 Å². The van der Waals surface area contributed by atoms with E-state index in [0.29, 0.717) is 24.2 Å². The monoisotopic (exact) mass is 393 g/mol. The van der Waals surface area contributed by atoms with Crippen LogP contribution in [-0.2, 0) is 11.2 Å². The van der Waals surface area contributed by atoms with Crippen LogP contribution in [0, 0.1) is 6.92 Å². The second kappa shape index (κ2) is 8.90. The van der Waals surface area contributed by atoms with Crippen molar-refractivity contribution < 1.29 is 14.4 Å². The van der Waals surface area contributed by atoms with Crippen molar-refractivity contribution in [2.75, 3.05) is 17.2 Å². The summed E-state index contributed by atoms with van der Waals surface area (Å²) in [5, 5.41) is 5.86. The Morgan fingerprint density at radius 3 is 2.59 bits per heavy atom. The highest BCUT2D eigenvalue weighted by Crippen LogP contribution is 2.25. The Bertz CT molecular complexity index is 939. The lowest BCUT2D eigenvalue weighted by atomic mass is 10.1. The van der Waals surface area contributed by atoms with E-state index in [0.717, 1.165) is 29.7 Å². The molecule has 3 amide bonds. The van der Waals surface area contributed by atoms with Crippen LogP contribution in [0.2, 0.25) is 0 Å². The number of anilines is 2. The Kier molecular flexibility index (Phi) is 6.32. The minimum Gasteiger partial charge on any atom is -0.324 e. The van der Waals surface area contributed by atoms with E-state index in [1.807, 2.05) is 25.1 Å². The van der Waals surface area contributed by atoms with Crippen LogP contribution in [-0.4, -0.2) is 35.2 Å². The van der Waals surface area contributed by atoms with Crippen LogP contribution >= 0.6 is 0 Å². The summed E-state index contributed by atoms with van der Waals surface area (Å²) in [4.78, 5) is 38.9. The fraction of sp³-hybridized carbons (Fsp3) is 0.348. The lowest BCUT2D eigenvalue weighted by Gasteiger charge is -2.25. The number of aryl methyl sites for hydroxylation is 2. The highest BCUT2D eigenvalue weighted by molar-refractivity contribution is 6.01. The second-order valence-electron chi connectivity index (χ2n) is 7.37. The van der Waals surface area contributed by atoms with Crippen LogP contribution in [0.3, 0.4) is 0 Å². The van der Waals surface area contributed by atoms with Crippen LogP contribution in [0.4, 0.5) is 16.2 Å². The minimum atomic E-state index is -0.518. The van der Waals surface area contributed by atoms with Gasteiger partial charge < -0.3 is 15.5 Å². The second-order valence-corrected chi connectivity index (χ2v) is 7.37. The van der Waals surface area contributed by atoms with Gasteiger partial charge in [-0.25, -0.2) is 4.79 Å². The molecule has 2 aromatic rings. The number of urea groups is 1. The molecule has 1 heterocycles. The molecular weight excluding hydrogens is 366 g/mol. The maximum absolute atomic E-state index is 13.0. The number of nitrogens with one attached hydrogen (secondary N) is 2. The number of likely N-dealkylation sites (tertiary alicyclic amines) is 1. The van der Waals surface area contributed by atoms with Gasteiger partial charge in [0.1, 0.15) is 6.04 Å². The summed E-state index contributed by atoms with van der Waals surface area (Å²) in [6.07, 6.45) is 2.21. The lowest BCUT2D eigenvalue weighted by molar-refractivity contribution is -0.119. The predicted octanol–water partition coefficient (Wildman–Crippen LogP) is 4.40. The summed E-state index contributed by atoms with van der Waals surface area (Å²) in [7, 11) is 0. The van der Waals surface area contributed by atoms with E-state index >= 15 is 0 Å². The summed E-state index contributed by atoms with van der Waals surface area (Å²) in [6, 6.07) is 11.9. The van der Waals surface area contributed by atoms with E-state index in [2.05, 4.69) is 17.6 Å². The Hall–Kier alpha value is -3.15. The number of ketones is 1. The Morgan fingerprint density at radius 1 is 1.10 bits per heavy atom. The third-order valence-corrected chi connectivity index (χ3v) is 5.32. The molecule has 6 heteroatoms. The van der Waals surface area contributed by atoms with Crippen molar-refractivity contribution in [1.82, 2.24) is 4.90 Å². The molecule has 152 valence electrons. The average Bonchev–Trinajstić information content (AvgIpc) is 3.20. The van der Waals surface area contributed by atoms with Gasteiger partial charge >= 0.3 is 6.03 Å². The van der Waals surface area contributed by atoms with Crippen molar-refractivity contribution in [1.29, 1.82) is 0 Å². The molecule has 3 rings (SSSR count). The largest absolute Gasteiger partial charge is 0.324 e. The smallest absolute Gasteiger partial charge is 0.322 e.